The fourth-order valence-corrected chi connectivity index (χ4v) is 2.96. The van der Waals surface area contributed by atoms with Gasteiger partial charge in [0.15, 0.2) is 0 Å². The van der Waals surface area contributed by atoms with E-state index in [2.05, 4.69) is 29.3 Å². The molecule has 1 unspecified atom stereocenters. The van der Waals surface area contributed by atoms with E-state index in [4.69, 9.17) is 0 Å². The molecule has 0 aromatic heterocycles. The second-order valence-electron chi connectivity index (χ2n) is 5.77. The van der Waals surface area contributed by atoms with Crippen LogP contribution in [0.5, 0.6) is 0 Å². The summed E-state index contributed by atoms with van der Waals surface area (Å²) in [7, 11) is 4.02. The summed E-state index contributed by atoms with van der Waals surface area (Å²) in [6.07, 6.45) is 2.08. The molecule has 1 saturated heterocycles. The van der Waals surface area contributed by atoms with Gasteiger partial charge in [-0.15, -0.1) is 0 Å². The third kappa shape index (κ3) is 3.83. The number of amides is 1. The lowest BCUT2D eigenvalue weighted by molar-refractivity contribution is -0.137. The smallest absolute Gasteiger partial charge is 0.244 e. The first-order valence-corrected chi connectivity index (χ1v) is 7.88. The maximum atomic E-state index is 13.0. The largest absolute Gasteiger partial charge is 0.341 e. The Kier molecular flexibility index (Phi) is 5.76. The number of carbonyl (C=O) groups is 1. The zero-order valence-electron chi connectivity index (χ0n) is 13.4. The number of carbonyl (C=O) groups excluding carboxylic acids is 1. The SMILES string of the molecule is CCN(C)C(C(=O)N1CCC(NC)CC1)c1ccccc1. The molecule has 1 fully saturated rings. The van der Waals surface area contributed by atoms with Crippen molar-refractivity contribution in [3.63, 3.8) is 0 Å². The van der Waals surface area contributed by atoms with E-state index in [0.717, 1.165) is 38.0 Å². The van der Waals surface area contributed by atoms with Crippen LogP contribution in [0.2, 0.25) is 0 Å². The van der Waals surface area contributed by atoms with Crippen molar-refractivity contribution in [1.29, 1.82) is 0 Å². The molecule has 0 radical (unpaired) electrons. The molecule has 21 heavy (non-hydrogen) atoms. The predicted molar refractivity (Wildman–Crippen MR) is 86.1 cm³/mol. The van der Waals surface area contributed by atoms with Gasteiger partial charge in [0.1, 0.15) is 6.04 Å². The van der Waals surface area contributed by atoms with Gasteiger partial charge in [-0.2, -0.15) is 0 Å². The van der Waals surface area contributed by atoms with Crippen LogP contribution in [-0.2, 0) is 4.79 Å². The molecule has 4 nitrogen and oxygen atoms in total. The lowest BCUT2D eigenvalue weighted by atomic mass is 10.0. The van der Waals surface area contributed by atoms with Crippen molar-refractivity contribution >= 4 is 5.91 Å². The van der Waals surface area contributed by atoms with Gasteiger partial charge >= 0.3 is 0 Å². The standard InChI is InChI=1S/C17H27N3O/c1-4-19(3)16(14-8-6-5-7-9-14)17(21)20-12-10-15(18-2)11-13-20/h5-9,15-16,18H,4,10-13H2,1-3H3. The summed E-state index contributed by atoms with van der Waals surface area (Å²) < 4.78 is 0. The predicted octanol–water partition coefficient (Wildman–Crippen LogP) is 1.89. The van der Waals surface area contributed by atoms with Crippen molar-refractivity contribution in [2.45, 2.75) is 31.8 Å². The molecule has 0 bridgehead atoms. The molecule has 1 aromatic rings. The Morgan fingerprint density at radius 3 is 2.48 bits per heavy atom. The Hall–Kier alpha value is -1.39. The van der Waals surface area contributed by atoms with Crippen LogP contribution < -0.4 is 5.32 Å². The van der Waals surface area contributed by atoms with E-state index in [0.29, 0.717) is 6.04 Å². The summed E-state index contributed by atoms with van der Waals surface area (Å²) in [6.45, 7) is 4.66. The topological polar surface area (TPSA) is 35.6 Å². The summed E-state index contributed by atoms with van der Waals surface area (Å²) in [4.78, 5) is 17.1. The Bertz CT molecular complexity index is 441. The van der Waals surface area contributed by atoms with Crippen molar-refractivity contribution in [3.05, 3.63) is 35.9 Å². The molecule has 1 heterocycles. The highest BCUT2D eigenvalue weighted by atomic mass is 16.2. The van der Waals surface area contributed by atoms with E-state index >= 15 is 0 Å². The van der Waals surface area contributed by atoms with Crippen molar-refractivity contribution in [2.75, 3.05) is 33.7 Å². The van der Waals surface area contributed by atoms with Crippen molar-refractivity contribution in [3.8, 4) is 0 Å². The van der Waals surface area contributed by atoms with E-state index in [1.165, 1.54) is 0 Å². The molecule has 0 saturated carbocycles. The molecule has 2 rings (SSSR count). The van der Waals surface area contributed by atoms with Crippen molar-refractivity contribution in [1.82, 2.24) is 15.1 Å². The second-order valence-corrected chi connectivity index (χ2v) is 5.77. The number of hydrogen-bond acceptors (Lipinski definition) is 3. The van der Waals surface area contributed by atoms with E-state index < -0.39 is 0 Å². The molecule has 1 atom stereocenters. The molecule has 1 aliphatic heterocycles. The molecule has 1 amide bonds. The highest BCUT2D eigenvalue weighted by Crippen LogP contribution is 2.23. The van der Waals surface area contributed by atoms with Crippen molar-refractivity contribution < 1.29 is 4.79 Å². The number of nitrogens with zero attached hydrogens (tertiary/aromatic N) is 2. The molecular formula is C17H27N3O. The Morgan fingerprint density at radius 1 is 1.33 bits per heavy atom. The fourth-order valence-electron chi connectivity index (χ4n) is 2.96. The maximum absolute atomic E-state index is 13.0. The van der Waals surface area contributed by atoms with Gasteiger partial charge in [-0.25, -0.2) is 0 Å². The van der Waals surface area contributed by atoms with Gasteiger partial charge in [0.05, 0.1) is 0 Å². The minimum atomic E-state index is -0.165. The molecular weight excluding hydrogens is 262 g/mol. The average Bonchev–Trinajstić information content (AvgIpc) is 2.55. The number of likely N-dealkylation sites (N-methyl/N-ethyl adjacent to an activating group) is 1. The fraction of sp³-hybridized carbons (Fsp3) is 0.588. The Morgan fingerprint density at radius 2 is 1.95 bits per heavy atom. The third-order valence-electron chi connectivity index (χ3n) is 4.50. The quantitative estimate of drug-likeness (QED) is 0.899. The first-order valence-electron chi connectivity index (χ1n) is 7.88. The average molecular weight is 289 g/mol. The number of rotatable bonds is 5. The van der Waals surface area contributed by atoms with Crippen LogP contribution in [0.3, 0.4) is 0 Å². The van der Waals surface area contributed by atoms with Crippen LogP contribution in [0.15, 0.2) is 30.3 Å². The zero-order chi connectivity index (χ0) is 15.2. The molecule has 0 spiro atoms. The van der Waals surface area contributed by atoms with Gasteiger partial charge in [-0.1, -0.05) is 37.3 Å². The third-order valence-corrected chi connectivity index (χ3v) is 4.50. The minimum Gasteiger partial charge on any atom is -0.341 e. The summed E-state index contributed by atoms with van der Waals surface area (Å²) >= 11 is 0. The van der Waals surface area contributed by atoms with E-state index in [9.17, 15) is 4.79 Å². The van der Waals surface area contributed by atoms with E-state index in [1.807, 2.05) is 37.2 Å². The summed E-state index contributed by atoms with van der Waals surface area (Å²) in [5.41, 5.74) is 1.09. The molecule has 116 valence electrons. The highest BCUT2D eigenvalue weighted by molar-refractivity contribution is 5.83. The second kappa shape index (κ2) is 7.57. The molecule has 4 heteroatoms. The summed E-state index contributed by atoms with van der Waals surface area (Å²) in [5, 5.41) is 3.31. The zero-order valence-corrected chi connectivity index (χ0v) is 13.4. The minimum absolute atomic E-state index is 0.165. The maximum Gasteiger partial charge on any atom is 0.244 e. The van der Waals surface area contributed by atoms with Gasteiger partial charge in [0.25, 0.3) is 0 Å². The normalized spacial score (nSPS) is 18.0. The monoisotopic (exact) mass is 289 g/mol. The summed E-state index contributed by atoms with van der Waals surface area (Å²) in [6, 6.07) is 10.5. The number of benzene rings is 1. The lowest BCUT2D eigenvalue weighted by Crippen LogP contribution is -2.48. The van der Waals surface area contributed by atoms with Crippen LogP contribution in [0.25, 0.3) is 0 Å². The lowest BCUT2D eigenvalue weighted by Gasteiger charge is -2.36. The Balaban J connectivity index is 2.12. The van der Waals surface area contributed by atoms with Crippen LogP contribution in [0.1, 0.15) is 31.4 Å². The van der Waals surface area contributed by atoms with Crippen LogP contribution >= 0.6 is 0 Å². The van der Waals surface area contributed by atoms with Crippen molar-refractivity contribution in [2.24, 2.45) is 0 Å². The molecule has 1 N–H and O–H groups in total. The number of likely N-dealkylation sites (tertiary alicyclic amines) is 1. The number of hydrogen-bond donors (Lipinski definition) is 1. The highest BCUT2D eigenvalue weighted by Gasteiger charge is 2.30. The van der Waals surface area contributed by atoms with E-state index in [-0.39, 0.29) is 11.9 Å². The van der Waals surface area contributed by atoms with Gasteiger partial charge in [0, 0.05) is 19.1 Å². The summed E-state index contributed by atoms with van der Waals surface area (Å²) in [5.74, 6) is 0.236. The number of nitrogens with one attached hydrogen (secondary N) is 1. The van der Waals surface area contributed by atoms with Gasteiger partial charge < -0.3 is 10.2 Å². The molecule has 1 aromatic carbocycles. The first-order chi connectivity index (χ1) is 10.2. The van der Waals surface area contributed by atoms with Crippen LogP contribution in [0.4, 0.5) is 0 Å². The van der Waals surface area contributed by atoms with Gasteiger partial charge in [-0.05, 0) is 39.0 Å². The molecule has 0 aliphatic carbocycles. The number of piperidine rings is 1. The van der Waals surface area contributed by atoms with Gasteiger partial charge in [-0.3, -0.25) is 9.69 Å². The van der Waals surface area contributed by atoms with Crippen LogP contribution in [-0.4, -0.2) is 55.5 Å². The first kappa shape index (κ1) is 16.0. The molecule has 1 aliphatic rings. The van der Waals surface area contributed by atoms with Gasteiger partial charge in [0.2, 0.25) is 5.91 Å². The Labute approximate surface area is 128 Å². The van der Waals surface area contributed by atoms with E-state index in [1.54, 1.807) is 0 Å². The van der Waals surface area contributed by atoms with Crippen LogP contribution in [0, 0.1) is 0 Å².